The third-order valence-electron chi connectivity index (χ3n) is 11.9. The van der Waals surface area contributed by atoms with Gasteiger partial charge in [-0.05, 0) is 101 Å². The van der Waals surface area contributed by atoms with Gasteiger partial charge >= 0.3 is 0 Å². The third kappa shape index (κ3) is 6.29. The molecule has 0 fully saturated rings. The molecule has 8 aromatic rings. The highest BCUT2D eigenvalue weighted by molar-refractivity contribution is 6.32. The van der Waals surface area contributed by atoms with Gasteiger partial charge in [0.25, 0.3) is 5.91 Å². The van der Waals surface area contributed by atoms with Gasteiger partial charge in [0.05, 0.1) is 36.2 Å². The number of aromatic nitrogens is 7. The fraction of sp³-hybridized carbons (Fsp3) is 0.304. The lowest BCUT2D eigenvalue weighted by atomic mass is 9.98. The molecule has 2 atom stereocenters. The number of halogens is 2. The fourth-order valence-electron chi connectivity index (χ4n) is 8.98. The molecule has 11 nitrogen and oxygen atoms in total. The molecular weight excluding hydrogens is 783 g/mol. The van der Waals surface area contributed by atoms with E-state index in [9.17, 15) is 0 Å². The number of anilines is 1. The number of amides is 1. The first-order chi connectivity index (χ1) is 28.4. The normalized spacial score (nSPS) is 15.6. The van der Waals surface area contributed by atoms with Crippen LogP contribution in [0.25, 0.3) is 50.0 Å². The van der Waals surface area contributed by atoms with Crippen LogP contribution >= 0.6 is 23.2 Å². The molecule has 1 aliphatic rings. The topological polar surface area (TPSA) is 96.6 Å². The summed E-state index contributed by atoms with van der Waals surface area (Å²) in [6.07, 6.45) is 5.18. The molecule has 6 heterocycles. The van der Waals surface area contributed by atoms with E-state index in [0.29, 0.717) is 37.6 Å². The second-order valence-corrected chi connectivity index (χ2v) is 16.5. The lowest BCUT2D eigenvalue weighted by Crippen LogP contribution is -2.47. The van der Waals surface area contributed by atoms with Gasteiger partial charge in [-0.25, -0.2) is 9.50 Å². The molecule has 1 aliphatic heterocycles. The molecule has 0 bridgehead atoms. The third-order valence-corrected chi connectivity index (χ3v) is 13.0. The zero-order valence-corrected chi connectivity index (χ0v) is 36.0. The zero-order chi connectivity index (χ0) is 41.4. The van der Waals surface area contributed by atoms with E-state index < -0.39 is 5.50 Å². The van der Waals surface area contributed by atoms with Gasteiger partial charge in [0.15, 0.2) is 11.5 Å². The summed E-state index contributed by atoms with van der Waals surface area (Å²) >= 11 is 14.0. The maximum atomic E-state index is 15.4. The highest BCUT2D eigenvalue weighted by atomic mass is 35.5. The van der Waals surface area contributed by atoms with Crippen molar-refractivity contribution in [2.45, 2.75) is 65.6 Å². The molecule has 0 N–H and O–H groups in total. The molecule has 3 aromatic carbocycles. The molecule has 1 amide bonds. The Morgan fingerprint density at radius 3 is 2.44 bits per heavy atom. The lowest BCUT2D eigenvalue weighted by molar-refractivity contribution is 0.0951. The van der Waals surface area contributed by atoms with E-state index in [-0.39, 0.29) is 11.9 Å². The van der Waals surface area contributed by atoms with Crippen molar-refractivity contribution in [3.05, 3.63) is 117 Å². The first-order valence-electron chi connectivity index (χ1n) is 19.8. The molecule has 0 aliphatic carbocycles. The van der Waals surface area contributed by atoms with Gasteiger partial charge in [-0.1, -0.05) is 47.5 Å². The van der Waals surface area contributed by atoms with Crippen molar-refractivity contribution >= 4 is 62.2 Å². The minimum atomic E-state index is -0.707. The van der Waals surface area contributed by atoms with E-state index in [0.717, 1.165) is 94.2 Å². The largest absolute Gasteiger partial charge is 0.494 e. The van der Waals surface area contributed by atoms with Crippen molar-refractivity contribution in [2.24, 2.45) is 14.1 Å². The Morgan fingerprint density at radius 1 is 0.932 bits per heavy atom. The first kappa shape index (κ1) is 38.9. The maximum absolute atomic E-state index is 15.4. The quantitative estimate of drug-likeness (QED) is 0.0774. The summed E-state index contributed by atoms with van der Waals surface area (Å²) < 4.78 is 19.6. The summed E-state index contributed by atoms with van der Waals surface area (Å²) in [5, 5.41) is 12.2. The number of alkyl halides is 1. The fourth-order valence-corrected chi connectivity index (χ4v) is 9.39. The van der Waals surface area contributed by atoms with Crippen molar-refractivity contribution in [3.63, 3.8) is 0 Å². The Morgan fingerprint density at radius 2 is 1.71 bits per heavy atom. The molecule has 5 aromatic heterocycles. The van der Waals surface area contributed by atoms with Crippen LogP contribution < -0.4 is 9.64 Å². The summed E-state index contributed by atoms with van der Waals surface area (Å²) in [5.41, 5.74) is 12.1. The van der Waals surface area contributed by atoms with Crippen molar-refractivity contribution in [3.8, 4) is 28.3 Å². The number of aryl methyl sites for hydroxylation is 6. The number of nitrogens with zero attached hydrogens (tertiary/aromatic N) is 8. The van der Waals surface area contributed by atoms with Gasteiger partial charge in [0.1, 0.15) is 16.9 Å². The van der Waals surface area contributed by atoms with E-state index in [1.807, 2.05) is 92.9 Å². The molecular formula is C46H46Cl2N8O3. The second kappa shape index (κ2) is 14.9. The predicted molar refractivity (Wildman–Crippen MR) is 235 cm³/mol. The average Bonchev–Trinajstić information content (AvgIpc) is 3.96. The van der Waals surface area contributed by atoms with E-state index >= 15 is 4.79 Å². The van der Waals surface area contributed by atoms with Gasteiger partial charge in [-0.3, -0.25) is 14.4 Å². The number of ether oxygens (including phenoxy) is 2. The van der Waals surface area contributed by atoms with E-state index in [1.54, 1.807) is 16.5 Å². The summed E-state index contributed by atoms with van der Waals surface area (Å²) in [7, 11) is 5.62. The van der Waals surface area contributed by atoms with Crippen LogP contribution in [0.5, 0.6) is 5.75 Å². The molecule has 0 saturated heterocycles. The maximum Gasteiger partial charge on any atom is 0.276 e. The number of para-hydroxylation sites is 1. The molecule has 302 valence electrons. The van der Waals surface area contributed by atoms with Gasteiger partial charge in [-0.15, -0.1) is 5.10 Å². The van der Waals surface area contributed by atoms with Gasteiger partial charge < -0.3 is 18.6 Å². The SMILES string of the molecule is COCc1cccn2nc(-c3ccc4c(c3)c(N3C(=O)c5c(CCCOc6cc(C)c(Cl)c(C)c6)c6cccc(-c7c(C)nn(C)c7C)c6n5C(C)[C@H]3Cl)cn4C)nc12. The highest BCUT2D eigenvalue weighted by Crippen LogP contribution is 2.46. The molecule has 0 spiro atoms. The zero-order valence-electron chi connectivity index (χ0n) is 34.5. The van der Waals surface area contributed by atoms with E-state index in [4.69, 9.17) is 47.9 Å². The van der Waals surface area contributed by atoms with Crippen molar-refractivity contribution < 1.29 is 14.3 Å². The number of benzene rings is 3. The van der Waals surface area contributed by atoms with Crippen molar-refractivity contribution in [1.82, 2.24) is 33.5 Å². The van der Waals surface area contributed by atoms with E-state index in [2.05, 4.69) is 42.7 Å². The van der Waals surface area contributed by atoms with Gasteiger partial charge in [0, 0.05) is 82.9 Å². The number of carbonyl (C=O) groups excluding carboxylic acids is 1. The van der Waals surface area contributed by atoms with Crippen LogP contribution in [-0.4, -0.2) is 58.6 Å². The molecule has 0 saturated carbocycles. The Balaban J connectivity index is 1.16. The number of pyridine rings is 1. The second-order valence-electron chi connectivity index (χ2n) is 15.7. The Hall–Kier alpha value is -5.62. The standard InChI is InChI=1S/C46H46Cl2N8O3/c1-25-20-32(21-26(2)40(25)47)59-19-11-15-34-33-13-9-14-35(39-27(3)50-53(7)28(39)4)41(33)55-29(5)43(48)56(46(57)42(34)55)38-23-52(6)37-17-16-30(22-36(37)38)44-49-45-31(24-58-8)12-10-18-54(45)51-44/h9-10,12-14,16-18,20-23,29,43H,11,15,19,24H2,1-8H3/t29?,43-/m0/s1. The monoisotopic (exact) mass is 828 g/mol. The minimum absolute atomic E-state index is 0.155. The lowest BCUT2D eigenvalue weighted by Gasteiger charge is -2.38. The van der Waals surface area contributed by atoms with Crippen LogP contribution in [0.2, 0.25) is 5.02 Å². The van der Waals surface area contributed by atoms with Crippen LogP contribution in [0.3, 0.4) is 0 Å². The number of rotatable bonds is 10. The Bertz CT molecular complexity index is 2950. The number of fused-ring (bicyclic) bond motifs is 5. The van der Waals surface area contributed by atoms with Crippen LogP contribution in [0.15, 0.2) is 73.1 Å². The smallest absolute Gasteiger partial charge is 0.276 e. The highest BCUT2D eigenvalue weighted by Gasteiger charge is 2.42. The van der Waals surface area contributed by atoms with E-state index in [1.165, 1.54) is 0 Å². The Labute approximate surface area is 352 Å². The van der Waals surface area contributed by atoms with Crippen LogP contribution in [0.1, 0.15) is 63.5 Å². The van der Waals surface area contributed by atoms with Crippen molar-refractivity contribution in [1.29, 1.82) is 0 Å². The molecule has 9 rings (SSSR count). The first-order valence-corrected chi connectivity index (χ1v) is 20.7. The van der Waals surface area contributed by atoms with Crippen LogP contribution in [-0.2, 0) is 31.9 Å². The summed E-state index contributed by atoms with van der Waals surface area (Å²) in [6.45, 7) is 11.1. The molecule has 0 radical (unpaired) electrons. The molecule has 59 heavy (non-hydrogen) atoms. The summed E-state index contributed by atoms with van der Waals surface area (Å²) in [6, 6.07) is 20.0. The van der Waals surface area contributed by atoms with Gasteiger partial charge in [-0.2, -0.15) is 5.10 Å². The summed E-state index contributed by atoms with van der Waals surface area (Å²) in [5.74, 6) is 1.20. The predicted octanol–water partition coefficient (Wildman–Crippen LogP) is 10.1. The van der Waals surface area contributed by atoms with Crippen molar-refractivity contribution in [2.75, 3.05) is 18.6 Å². The number of carbonyl (C=O) groups is 1. The average molecular weight is 830 g/mol. The molecule has 13 heteroatoms. The number of hydrogen-bond acceptors (Lipinski definition) is 6. The molecule has 1 unspecified atom stereocenters. The number of hydrogen-bond donors (Lipinski definition) is 0. The van der Waals surface area contributed by atoms with Gasteiger partial charge in [0.2, 0.25) is 0 Å². The van der Waals surface area contributed by atoms with Crippen LogP contribution in [0.4, 0.5) is 5.69 Å². The minimum Gasteiger partial charge on any atom is -0.494 e. The van der Waals surface area contributed by atoms with Crippen LogP contribution in [0, 0.1) is 27.7 Å². The Kier molecular flexibility index (Phi) is 9.81. The summed E-state index contributed by atoms with van der Waals surface area (Å²) in [4.78, 5) is 22.1. The number of methoxy groups -OCH3 is 1.